The molecular formula is C11H19N3S. The highest BCUT2D eigenvalue weighted by Crippen LogP contribution is 2.41. The maximum Gasteiger partial charge on any atom is 0.0533 e. The normalized spacial score (nSPS) is 18.7. The molecule has 1 N–H and O–H groups in total. The second kappa shape index (κ2) is 5.03. The van der Waals surface area contributed by atoms with Gasteiger partial charge in [-0.2, -0.15) is 16.9 Å². The van der Waals surface area contributed by atoms with Crippen LogP contribution >= 0.6 is 11.8 Å². The molecule has 1 aromatic heterocycles. The molecule has 1 aliphatic rings. The fourth-order valence-electron chi connectivity index (χ4n) is 1.97. The lowest BCUT2D eigenvalue weighted by Crippen LogP contribution is -2.44. The molecular weight excluding hydrogens is 206 g/mol. The van der Waals surface area contributed by atoms with Gasteiger partial charge in [-0.15, -0.1) is 0 Å². The monoisotopic (exact) mass is 225 g/mol. The van der Waals surface area contributed by atoms with Gasteiger partial charge < -0.3 is 5.32 Å². The minimum atomic E-state index is 0.546. The Morgan fingerprint density at radius 2 is 2.40 bits per heavy atom. The summed E-state index contributed by atoms with van der Waals surface area (Å²) in [5, 5.41) is 7.71. The first kappa shape index (κ1) is 11.0. The molecule has 0 radical (unpaired) electrons. The standard InChI is InChI=1S/C11H19N3S/c1-15-11(4-2-5-11)10-12-7-9-14-8-3-6-13-14/h3,6,8,12H,2,4-5,7,9-10H2,1H3. The predicted molar refractivity (Wildman–Crippen MR) is 65.2 cm³/mol. The third kappa shape index (κ3) is 2.75. The molecule has 0 aliphatic heterocycles. The molecule has 1 fully saturated rings. The van der Waals surface area contributed by atoms with Crippen molar-refractivity contribution in [1.82, 2.24) is 15.1 Å². The third-order valence-electron chi connectivity index (χ3n) is 3.22. The highest BCUT2D eigenvalue weighted by Gasteiger charge is 2.35. The highest BCUT2D eigenvalue weighted by atomic mass is 32.2. The van der Waals surface area contributed by atoms with Crippen molar-refractivity contribution in [1.29, 1.82) is 0 Å². The molecule has 0 bridgehead atoms. The topological polar surface area (TPSA) is 29.9 Å². The Bertz CT molecular complexity index is 275. The van der Waals surface area contributed by atoms with E-state index in [1.807, 2.05) is 34.9 Å². The molecule has 1 aromatic rings. The van der Waals surface area contributed by atoms with Gasteiger partial charge in [0.15, 0.2) is 0 Å². The van der Waals surface area contributed by atoms with Gasteiger partial charge in [-0.05, 0) is 25.2 Å². The van der Waals surface area contributed by atoms with Gasteiger partial charge >= 0.3 is 0 Å². The van der Waals surface area contributed by atoms with Crippen molar-refractivity contribution < 1.29 is 0 Å². The maximum absolute atomic E-state index is 4.18. The summed E-state index contributed by atoms with van der Waals surface area (Å²) in [4.78, 5) is 0. The lowest BCUT2D eigenvalue weighted by molar-refractivity contribution is 0.343. The maximum atomic E-state index is 4.18. The van der Waals surface area contributed by atoms with E-state index in [1.165, 1.54) is 19.3 Å². The molecule has 0 spiro atoms. The first-order valence-corrected chi connectivity index (χ1v) is 6.80. The van der Waals surface area contributed by atoms with Crippen LogP contribution in [0, 0.1) is 0 Å². The largest absolute Gasteiger partial charge is 0.314 e. The zero-order valence-corrected chi connectivity index (χ0v) is 10.1. The average molecular weight is 225 g/mol. The summed E-state index contributed by atoms with van der Waals surface area (Å²) >= 11 is 2.02. The summed E-state index contributed by atoms with van der Waals surface area (Å²) in [6.45, 7) is 3.14. The van der Waals surface area contributed by atoms with Gasteiger partial charge in [0.2, 0.25) is 0 Å². The molecule has 3 nitrogen and oxygen atoms in total. The zero-order valence-electron chi connectivity index (χ0n) is 9.28. The van der Waals surface area contributed by atoms with Crippen molar-refractivity contribution in [3.8, 4) is 0 Å². The summed E-state index contributed by atoms with van der Waals surface area (Å²) in [7, 11) is 0. The van der Waals surface area contributed by atoms with Crippen LogP contribution in [0.15, 0.2) is 18.5 Å². The number of hydrogen-bond acceptors (Lipinski definition) is 3. The zero-order chi connectivity index (χ0) is 10.6. The first-order valence-electron chi connectivity index (χ1n) is 5.58. The molecule has 1 saturated carbocycles. The Balaban J connectivity index is 1.62. The molecule has 1 aliphatic carbocycles. The van der Waals surface area contributed by atoms with Crippen molar-refractivity contribution in [2.24, 2.45) is 0 Å². The van der Waals surface area contributed by atoms with Crippen molar-refractivity contribution in [2.75, 3.05) is 19.3 Å². The lowest BCUT2D eigenvalue weighted by Gasteiger charge is -2.40. The van der Waals surface area contributed by atoms with Crippen LogP contribution in [-0.2, 0) is 6.54 Å². The second-order valence-electron chi connectivity index (χ2n) is 4.19. The predicted octanol–water partition coefficient (Wildman–Crippen LogP) is 1.76. The van der Waals surface area contributed by atoms with E-state index in [4.69, 9.17) is 0 Å². The van der Waals surface area contributed by atoms with E-state index in [0.717, 1.165) is 19.6 Å². The molecule has 15 heavy (non-hydrogen) atoms. The number of hydrogen-bond donors (Lipinski definition) is 1. The summed E-state index contributed by atoms with van der Waals surface area (Å²) in [6, 6.07) is 1.97. The van der Waals surface area contributed by atoms with Crippen LogP contribution in [0.2, 0.25) is 0 Å². The quantitative estimate of drug-likeness (QED) is 0.748. The van der Waals surface area contributed by atoms with E-state index in [2.05, 4.69) is 16.7 Å². The van der Waals surface area contributed by atoms with Gasteiger partial charge in [0, 0.05) is 30.2 Å². The SMILES string of the molecule is CSC1(CNCCn2cccn2)CCC1. The van der Waals surface area contributed by atoms with Crippen molar-refractivity contribution in [3.63, 3.8) is 0 Å². The second-order valence-corrected chi connectivity index (χ2v) is 5.46. The van der Waals surface area contributed by atoms with Crippen LogP contribution < -0.4 is 5.32 Å². The Kier molecular flexibility index (Phi) is 3.70. The number of nitrogens with one attached hydrogen (secondary N) is 1. The first-order chi connectivity index (χ1) is 7.35. The molecule has 2 rings (SSSR count). The van der Waals surface area contributed by atoms with Crippen LogP contribution in [0.1, 0.15) is 19.3 Å². The van der Waals surface area contributed by atoms with Crippen LogP contribution in [0.3, 0.4) is 0 Å². The van der Waals surface area contributed by atoms with E-state index < -0.39 is 0 Å². The molecule has 0 atom stereocenters. The fraction of sp³-hybridized carbons (Fsp3) is 0.727. The van der Waals surface area contributed by atoms with E-state index in [9.17, 15) is 0 Å². The fourth-order valence-corrected chi connectivity index (χ4v) is 2.91. The Morgan fingerprint density at radius 1 is 1.53 bits per heavy atom. The Hall–Kier alpha value is -0.480. The molecule has 0 unspecified atom stereocenters. The number of thioether (sulfide) groups is 1. The van der Waals surface area contributed by atoms with Crippen LogP contribution in [0.5, 0.6) is 0 Å². The lowest BCUT2D eigenvalue weighted by atomic mass is 9.84. The molecule has 4 heteroatoms. The highest BCUT2D eigenvalue weighted by molar-refractivity contribution is 8.00. The average Bonchev–Trinajstić information content (AvgIpc) is 2.68. The molecule has 1 heterocycles. The van der Waals surface area contributed by atoms with Crippen LogP contribution in [0.25, 0.3) is 0 Å². The Morgan fingerprint density at radius 3 is 2.93 bits per heavy atom. The number of nitrogens with zero attached hydrogens (tertiary/aromatic N) is 2. The van der Waals surface area contributed by atoms with E-state index in [-0.39, 0.29) is 0 Å². The minimum absolute atomic E-state index is 0.546. The van der Waals surface area contributed by atoms with Gasteiger partial charge in [0.25, 0.3) is 0 Å². The van der Waals surface area contributed by atoms with Gasteiger partial charge in [-0.3, -0.25) is 4.68 Å². The molecule has 84 valence electrons. The van der Waals surface area contributed by atoms with Crippen molar-refractivity contribution >= 4 is 11.8 Å². The molecule has 0 amide bonds. The van der Waals surface area contributed by atoms with Gasteiger partial charge in [0.1, 0.15) is 0 Å². The van der Waals surface area contributed by atoms with Crippen LogP contribution in [0.4, 0.5) is 0 Å². The Labute approximate surface area is 95.6 Å². The van der Waals surface area contributed by atoms with E-state index in [1.54, 1.807) is 0 Å². The molecule has 0 aromatic carbocycles. The van der Waals surface area contributed by atoms with Crippen molar-refractivity contribution in [2.45, 2.75) is 30.6 Å². The smallest absolute Gasteiger partial charge is 0.0533 e. The van der Waals surface area contributed by atoms with Gasteiger partial charge in [-0.25, -0.2) is 0 Å². The van der Waals surface area contributed by atoms with Crippen LogP contribution in [-0.4, -0.2) is 33.9 Å². The van der Waals surface area contributed by atoms with Crippen molar-refractivity contribution in [3.05, 3.63) is 18.5 Å². The minimum Gasteiger partial charge on any atom is -0.314 e. The third-order valence-corrected chi connectivity index (χ3v) is 4.64. The molecule has 0 saturated heterocycles. The number of aromatic nitrogens is 2. The van der Waals surface area contributed by atoms with Gasteiger partial charge in [0.05, 0.1) is 6.54 Å². The summed E-state index contributed by atoms with van der Waals surface area (Å²) in [5.74, 6) is 0. The number of rotatable bonds is 6. The summed E-state index contributed by atoms with van der Waals surface area (Å²) in [6.07, 6.45) is 10.2. The van der Waals surface area contributed by atoms with E-state index >= 15 is 0 Å². The van der Waals surface area contributed by atoms with E-state index in [0.29, 0.717) is 4.75 Å². The summed E-state index contributed by atoms with van der Waals surface area (Å²) in [5.41, 5.74) is 0. The van der Waals surface area contributed by atoms with Gasteiger partial charge in [-0.1, -0.05) is 6.42 Å². The summed E-state index contributed by atoms with van der Waals surface area (Å²) < 4.78 is 2.52.